The van der Waals surface area contributed by atoms with Gasteiger partial charge in [0.05, 0.1) is 18.3 Å². The van der Waals surface area contributed by atoms with Crippen LogP contribution in [0.5, 0.6) is 0 Å². The number of carbonyl (C=O) groups is 1. The molecular formula is C12H16N2O2S. The molecular weight excluding hydrogens is 236 g/mol. The third-order valence-corrected chi connectivity index (χ3v) is 3.00. The Bertz CT molecular complexity index is 424. The number of hydrogen-bond acceptors (Lipinski definition) is 4. The van der Waals surface area contributed by atoms with Gasteiger partial charge in [-0.2, -0.15) is 0 Å². The molecule has 0 spiro atoms. The maximum absolute atomic E-state index is 10.9. The predicted octanol–water partition coefficient (Wildman–Crippen LogP) is 1.90. The first-order valence-corrected chi connectivity index (χ1v) is 6.18. The number of nitrogens with zero attached hydrogens (tertiary/aromatic N) is 1. The van der Waals surface area contributed by atoms with Crippen molar-refractivity contribution in [3.63, 3.8) is 0 Å². The van der Waals surface area contributed by atoms with Crippen LogP contribution in [0.4, 0.5) is 0 Å². The van der Waals surface area contributed by atoms with Crippen molar-refractivity contribution in [1.82, 2.24) is 10.3 Å². The van der Waals surface area contributed by atoms with Crippen molar-refractivity contribution in [3.05, 3.63) is 34.3 Å². The van der Waals surface area contributed by atoms with Crippen LogP contribution in [0.3, 0.4) is 0 Å². The molecule has 0 saturated carbocycles. The molecule has 0 aromatic carbocycles. The molecule has 0 aliphatic heterocycles. The van der Waals surface area contributed by atoms with E-state index in [4.69, 9.17) is 5.11 Å². The summed E-state index contributed by atoms with van der Waals surface area (Å²) in [4.78, 5) is 15.3. The molecule has 1 aromatic rings. The van der Waals surface area contributed by atoms with Crippen molar-refractivity contribution in [1.29, 1.82) is 0 Å². The first kappa shape index (κ1) is 13.6. The lowest BCUT2D eigenvalue weighted by Crippen LogP contribution is -2.23. The molecule has 5 heteroatoms. The van der Waals surface area contributed by atoms with Gasteiger partial charge >= 0.3 is 0 Å². The van der Waals surface area contributed by atoms with E-state index in [1.54, 1.807) is 12.2 Å². The lowest BCUT2D eigenvalue weighted by atomic mass is 10.3. The molecule has 17 heavy (non-hydrogen) atoms. The summed E-state index contributed by atoms with van der Waals surface area (Å²) < 4.78 is 0. The summed E-state index contributed by atoms with van der Waals surface area (Å²) in [6.45, 7) is 3.43. The van der Waals surface area contributed by atoms with Crippen LogP contribution < -0.4 is 5.32 Å². The van der Waals surface area contributed by atoms with Crippen LogP contribution in [-0.2, 0) is 4.79 Å². The molecule has 1 heterocycles. The lowest BCUT2D eigenvalue weighted by molar-refractivity contribution is -0.119. The normalized spacial score (nSPS) is 13.4. The van der Waals surface area contributed by atoms with Crippen LogP contribution in [0, 0.1) is 0 Å². The van der Waals surface area contributed by atoms with E-state index in [0.29, 0.717) is 0 Å². The Labute approximate surface area is 105 Å². The summed E-state index contributed by atoms with van der Waals surface area (Å²) in [5.74, 6) is -0.0596. The first-order valence-electron chi connectivity index (χ1n) is 5.30. The summed E-state index contributed by atoms with van der Waals surface area (Å²) >= 11 is 1.51. The quantitative estimate of drug-likeness (QED) is 0.787. The van der Waals surface area contributed by atoms with E-state index in [2.05, 4.69) is 10.3 Å². The van der Waals surface area contributed by atoms with Gasteiger partial charge in [-0.25, -0.2) is 4.98 Å². The monoisotopic (exact) mass is 252 g/mol. The average molecular weight is 252 g/mol. The Balaban J connectivity index is 2.61. The molecule has 0 saturated heterocycles. The maximum Gasteiger partial charge on any atom is 0.217 e. The number of carbonyl (C=O) groups excluding carboxylic acids is 1. The molecule has 0 radical (unpaired) electrons. The number of thiazole rings is 1. The fourth-order valence-electron chi connectivity index (χ4n) is 1.24. The van der Waals surface area contributed by atoms with E-state index in [9.17, 15) is 4.79 Å². The number of allylic oxidation sites excluding steroid dienone is 2. The summed E-state index contributed by atoms with van der Waals surface area (Å²) in [7, 11) is 0. The number of aliphatic hydroxyl groups is 1. The minimum atomic E-state index is -0.0624. The summed E-state index contributed by atoms with van der Waals surface area (Å²) in [5, 5.41) is 14.1. The molecule has 1 rings (SSSR count). The number of rotatable bonds is 5. The van der Waals surface area contributed by atoms with Gasteiger partial charge in [-0.1, -0.05) is 18.2 Å². The minimum absolute atomic E-state index is 0.0339. The maximum atomic E-state index is 10.9. The van der Waals surface area contributed by atoms with Crippen molar-refractivity contribution >= 4 is 23.3 Å². The standard InChI is InChI=1S/C12H16N2O2S/c1-9(13-10(2)16)12-14-11(8-17-12)6-4-3-5-7-15/h3-6,8-9,15H,7H2,1-2H3,(H,13,16)/b5-3+,6-4-/t9-/m1/s1. The van der Waals surface area contributed by atoms with Crippen LogP contribution in [0.1, 0.15) is 30.6 Å². The van der Waals surface area contributed by atoms with Gasteiger partial charge in [0.1, 0.15) is 5.01 Å². The van der Waals surface area contributed by atoms with Crippen molar-refractivity contribution in [2.75, 3.05) is 6.61 Å². The van der Waals surface area contributed by atoms with Crippen LogP contribution in [0.15, 0.2) is 23.6 Å². The largest absolute Gasteiger partial charge is 0.392 e. The van der Waals surface area contributed by atoms with E-state index >= 15 is 0 Å². The number of hydrogen-bond donors (Lipinski definition) is 2. The van der Waals surface area contributed by atoms with E-state index in [-0.39, 0.29) is 18.6 Å². The van der Waals surface area contributed by atoms with Crippen LogP contribution in [0.25, 0.3) is 6.08 Å². The Morgan fingerprint density at radius 2 is 2.41 bits per heavy atom. The molecule has 0 unspecified atom stereocenters. The number of nitrogens with one attached hydrogen (secondary N) is 1. The van der Waals surface area contributed by atoms with E-state index in [1.807, 2.05) is 24.5 Å². The van der Waals surface area contributed by atoms with Crippen molar-refractivity contribution in [2.24, 2.45) is 0 Å². The zero-order valence-corrected chi connectivity index (χ0v) is 10.7. The van der Waals surface area contributed by atoms with Crippen LogP contribution >= 0.6 is 11.3 Å². The fourth-order valence-corrected chi connectivity index (χ4v) is 2.03. The highest BCUT2D eigenvalue weighted by Gasteiger charge is 2.09. The zero-order valence-electron chi connectivity index (χ0n) is 9.88. The van der Waals surface area contributed by atoms with Gasteiger partial charge in [0, 0.05) is 12.3 Å². The summed E-state index contributed by atoms with van der Waals surface area (Å²) in [6, 6.07) is -0.0624. The lowest BCUT2D eigenvalue weighted by Gasteiger charge is -2.07. The minimum Gasteiger partial charge on any atom is -0.392 e. The van der Waals surface area contributed by atoms with Gasteiger partial charge in [-0.05, 0) is 13.0 Å². The van der Waals surface area contributed by atoms with E-state index in [1.165, 1.54) is 18.3 Å². The SMILES string of the molecule is CC(=O)N[C@H](C)c1nc(/C=C\C=C\CO)cs1. The summed E-state index contributed by atoms with van der Waals surface area (Å²) in [6.07, 6.45) is 7.07. The van der Waals surface area contributed by atoms with Crippen molar-refractivity contribution < 1.29 is 9.90 Å². The van der Waals surface area contributed by atoms with Gasteiger partial charge in [-0.3, -0.25) is 4.79 Å². The Morgan fingerprint density at radius 3 is 3.06 bits per heavy atom. The molecule has 4 nitrogen and oxygen atoms in total. The van der Waals surface area contributed by atoms with E-state index < -0.39 is 0 Å². The van der Waals surface area contributed by atoms with Gasteiger partial charge in [0.25, 0.3) is 0 Å². The third kappa shape index (κ3) is 4.93. The van der Waals surface area contributed by atoms with Gasteiger partial charge < -0.3 is 10.4 Å². The first-order chi connectivity index (χ1) is 8.13. The molecule has 0 aliphatic carbocycles. The van der Waals surface area contributed by atoms with Crippen LogP contribution in [0.2, 0.25) is 0 Å². The van der Waals surface area contributed by atoms with E-state index in [0.717, 1.165) is 10.7 Å². The second-order valence-corrected chi connectivity index (χ2v) is 4.39. The van der Waals surface area contributed by atoms with Crippen LogP contribution in [-0.4, -0.2) is 22.6 Å². The molecule has 1 aromatic heterocycles. The molecule has 0 bridgehead atoms. The molecule has 1 amide bonds. The van der Waals surface area contributed by atoms with Crippen molar-refractivity contribution in [2.45, 2.75) is 19.9 Å². The van der Waals surface area contributed by atoms with Crippen molar-refractivity contribution in [3.8, 4) is 0 Å². The van der Waals surface area contributed by atoms with Gasteiger partial charge in [-0.15, -0.1) is 11.3 Å². The van der Waals surface area contributed by atoms with Gasteiger partial charge in [0.2, 0.25) is 5.91 Å². The average Bonchev–Trinajstić information content (AvgIpc) is 2.72. The summed E-state index contributed by atoms with van der Waals surface area (Å²) in [5.41, 5.74) is 0.852. The zero-order chi connectivity index (χ0) is 12.7. The smallest absolute Gasteiger partial charge is 0.217 e. The molecule has 0 aliphatic rings. The van der Waals surface area contributed by atoms with Gasteiger partial charge in [0.15, 0.2) is 0 Å². The fraction of sp³-hybridized carbons (Fsp3) is 0.333. The topological polar surface area (TPSA) is 62.2 Å². The highest BCUT2D eigenvalue weighted by atomic mass is 32.1. The number of amides is 1. The number of aliphatic hydroxyl groups excluding tert-OH is 1. The second-order valence-electron chi connectivity index (χ2n) is 3.50. The highest BCUT2D eigenvalue weighted by molar-refractivity contribution is 7.09. The molecule has 0 fully saturated rings. The Morgan fingerprint density at radius 1 is 1.65 bits per heavy atom. The second kappa shape index (κ2) is 6.98. The molecule has 2 N–H and O–H groups in total. The number of aromatic nitrogens is 1. The Hall–Kier alpha value is -1.46. The predicted molar refractivity (Wildman–Crippen MR) is 69.6 cm³/mol. The molecule has 92 valence electrons. The molecule has 1 atom stereocenters. The highest BCUT2D eigenvalue weighted by Crippen LogP contribution is 2.18. The Kier molecular flexibility index (Phi) is 5.59. The third-order valence-electron chi connectivity index (χ3n) is 1.95.